The van der Waals surface area contributed by atoms with E-state index < -0.39 is 11.8 Å². The number of fused-ring (bicyclic) bond motifs is 1. The number of para-hydroxylation sites is 1. The summed E-state index contributed by atoms with van der Waals surface area (Å²) in [5.41, 5.74) is 1.96. The summed E-state index contributed by atoms with van der Waals surface area (Å²) in [6, 6.07) is 10.8. The molecule has 0 spiro atoms. The summed E-state index contributed by atoms with van der Waals surface area (Å²) in [6.07, 6.45) is 0.171. The average Bonchev–Trinajstić information content (AvgIpc) is 2.54. The Balaban J connectivity index is 2.22. The first kappa shape index (κ1) is 16.4. The van der Waals surface area contributed by atoms with Gasteiger partial charge in [-0.15, -0.1) is 0 Å². The number of hydrogen-bond acceptors (Lipinski definition) is 4. The zero-order valence-corrected chi connectivity index (χ0v) is 13.3. The highest BCUT2D eigenvalue weighted by Crippen LogP contribution is 2.21. The van der Waals surface area contributed by atoms with Gasteiger partial charge < -0.3 is 10.2 Å². The monoisotopic (exact) mass is 310 g/mol. The van der Waals surface area contributed by atoms with Crippen LogP contribution in [0.25, 0.3) is 10.9 Å². The van der Waals surface area contributed by atoms with Gasteiger partial charge in [0, 0.05) is 24.2 Å². The molecule has 0 saturated carbocycles. The first-order chi connectivity index (χ1) is 10.9. The normalized spacial score (nSPS) is 11.6. The summed E-state index contributed by atoms with van der Waals surface area (Å²) in [5, 5.41) is 12.2. The van der Waals surface area contributed by atoms with Crippen LogP contribution in [-0.4, -0.2) is 34.8 Å². The molecule has 118 valence electrons. The van der Waals surface area contributed by atoms with Gasteiger partial charge in [-0.1, -0.05) is 18.2 Å². The minimum atomic E-state index is -0.743. The lowest BCUT2D eigenvalue weighted by Crippen LogP contribution is -2.42. The van der Waals surface area contributed by atoms with Gasteiger partial charge in [0.2, 0.25) is 0 Å². The molecule has 0 radical (unpaired) electrons. The van der Waals surface area contributed by atoms with Gasteiger partial charge in [-0.3, -0.25) is 14.6 Å². The lowest BCUT2D eigenvalue weighted by molar-refractivity contribution is -0.143. The fourth-order valence-corrected chi connectivity index (χ4v) is 2.15. The number of benzene rings is 1. The van der Waals surface area contributed by atoms with E-state index in [0.717, 1.165) is 11.1 Å². The molecule has 1 atom stereocenters. The molecule has 0 saturated heterocycles. The van der Waals surface area contributed by atoms with Crippen LogP contribution in [0.3, 0.4) is 0 Å². The number of nitrogens with one attached hydrogen (secondary N) is 1. The Bertz CT molecular complexity index is 795. The van der Waals surface area contributed by atoms with Crippen LogP contribution in [0.1, 0.15) is 19.0 Å². The number of aryl methyl sites for hydroxylation is 1. The summed E-state index contributed by atoms with van der Waals surface area (Å²) in [5.74, 6) is -1.43. The van der Waals surface area contributed by atoms with Crippen molar-refractivity contribution in [2.45, 2.75) is 26.3 Å². The summed E-state index contributed by atoms with van der Waals surface area (Å²) in [4.78, 5) is 30.0. The van der Waals surface area contributed by atoms with E-state index in [1.54, 1.807) is 19.1 Å². The molecule has 2 amide bonds. The van der Waals surface area contributed by atoms with Crippen LogP contribution in [0, 0.1) is 18.3 Å². The standard InChI is InChI=1S/C17H18N4O2/c1-11-7-8-13-5-4-6-14(15(13)19-11)20-16(22)17(23)21(3)12(2)9-10-18/h4-8,12H,9H2,1-3H3,(H,20,22)/t12-/m1/s1. The van der Waals surface area contributed by atoms with Crippen LogP contribution in [0.4, 0.5) is 5.69 Å². The maximum Gasteiger partial charge on any atom is 0.313 e. The number of nitriles is 1. The van der Waals surface area contributed by atoms with Gasteiger partial charge in [-0.25, -0.2) is 0 Å². The molecule has 1 aromatic heterocycles. The van der Waals surface area contributed by atoms with E-state index in [0.29, 0.717) is 11.2 Å². The maximum atomic E-state index is 12.2. The average molecular weight is 310 g/mol. The van der Waals surface area contributed by atoms with Crippen molar-refractivity contribution in [3.63, 3.8) is 0 Å². The summed E-state index contributed by atoms with van der Waals surface area (Å²) in [7, 11) is 1.51. The molecule has 0 bridgehead atoms. The molecular formula is C17H18N4O2. The van der Waals surface area contributed by atoms with E-state index in [-0.39, 0.29) is 12.5 Å². The van der Waals surface area contributed by atoms with E-state index in [1.165, 1.54) is 11.9 Å². The molecule has 23 heavy (non-hydrogen) atoms. The van der Waals surface area contributed by atoms with Crippen molar-refractivity contribution < 1.29 is 9.59 Å². The Morgan fingerprint density at radius 2 is 2.09 bits per heavy atom. The predicted octanol–water partition coefficient (Wildman–Crippen LogP) is 2.24. The molecule has 2 aromatic rings. The van der Waals surface area contributed by atoms with Crippen LogP contribution in [-0.2, 0) is 9.59 Å². The van der Waals surface area contributed by atoms with Crippen LogP contribution >= 0.6 is 0 Å². The molecule has 0 aliphatic heterocycles. The number of nitrogens with zero attached hydrogens (tertiary/aromatic N) is 3. The molecule has 2 rings (SSSR count). The number of aromatic nitrogens is 1. The third kappa shape index (κ3) is 3.64. The second-order valence-electron chi connectivity index (χ2n) is 5.41. The van der Waals surface area contributed by atoms with Gasteiger partial charge in [0.25, 0.3) is 0 Å². The molecule has 1 aromatic carbocycles. The Labute approximate surface area is 134 Å². The van der Waals surface area contributed by atoms with E-state index in [9.17, 15) is 9.59 Å². The van der Waals surface area contributed by atoms with Crippen molar-refractivity contribution in [1.82, 2.24) is 9.88 Å². The van der Waals surface area contributed by atoms with Crippen molar-refractivity contribution >= 4 is 28.4 Å². The van der Waals surface area contributed by atoms with Crippen LogP contribution in [0.2, 0.25) is 0 Å². The molecule has 0 fully saturated rings. The van der Waals surface area contributed by atoms with Gasteiger partial charge in [0.05, 0.1) is 23.7 Å². The number of carbonyl (C=O) groups is 2. The fraction of sp³-hybridized carbons (Fsp3) is 0.294. The Hall–Kier alpha value is -2.94. The summed E-state index contributed by atoms with van der Waals surface area (Å²) >= 11 is 0. The third-order valence-electron chi connectivity index (χ3n) is 3.67. The van der Waals surface area contributed by atoms with E-state index in [4.69, 9.17) is 5.26 Å². The molecule has 6 nitrogen and oxygen atoms in total. The van der Waals surface area contributed by atoms with Crippen molar-refractivity contribution in [3.05, 3.63) is 36.0 Å². The molecule has 1 N–H and O–H groups in total. The highest BCUT2D eigenvalue weighted by molar-refractivity contribution is 6.40. The minimum absolute atomic E-state index is 0.171. The predicted molar refractivity (Wildman–Crippen MR) is 87.6 cm³/mol. The fourth-order valence-electron chi connectivity index (χ4n) is 2.15. The van der Waals surface area contributed by atoms with Gasteiger partial charge in [-0.05, 0) is 26.0 Å². The first-order valence-corrected chi connectivity index (χ1v) is 7.25. The summed E-state index contributed by atoms with van der Waals surface area (Å²) in [6.45, 7) is 3.58. The minimum Gasteiger partial charge on any atom is -0.334 e. The van der Waals surface area contributed by atoms with Crippen molar-refractivity contribution in [1.29, 1.82) is 5.26 Å². The second-order valence-corrected chi connectivity index (χ2v) is 5.41. The van der Waals surface area contributed by atoms with Crippen molar-refractivity contribution in [2.24, 2.45) is 0 Å². The first-order valence-electron chi connectivity index (χ1n) is 7.25. The largest absolute Gasteiger partial charge is 0.334 e. The van der Waals surface area contributed by atoms with E-state index in [1.807, 2.05) is 31.2 Å². The van der Waals surface area contributed by atoms with E-state index >= 15 is 0 Å². The van der Waals surface area contributed by atoms with Crippen molar-refractivity contribution in [3.8, 4) is 6.07 Å². The van der Waals surface area contributed by atoms with Crippen LogP contribution < -0.4 is 5.32 Å². The number of anilines is 1. The quantitative estimate of drug-likeness (QED) is 0.881. The lowest BCUT2D eigenvalue weighted by atomic mass is 10.1. The number of pyridine rings is 1. The molecule has 1 heterocycles. The highest BCUT2D eigenvalue weighted by atomic mass is 16.2. The van der Waals surface area contributed by atoms with Crippen LogP contribution in [0.5, 0.6) is 0 Å². The maximum absolute atomic E-state index is 12.2. The molecule has 6 heteroatoms. The van der Waals surface area contributed by atoms with Gasteiger partial charge in [0.1, 0.15) is 0 Å². The topological polar surface area (TPSA) is 86.1 Å². The highest BCUT2D eigenvalue weighted by Gasteiger charge is 2.23. The van der Waals surface area contributed by atoms with E-state index in [2.05, 4.69) is 10.3 Å². The number of likely N-dealkylation sites (N-methyl/N-ethyl adjacent to an activating group) is 1. The Morgan fingerprint density at radius 3 is 2.78 bits per heavy atom. The second kappa shape index (κ2) is 6.88. The van der Waals surface area contributed by atoms with Gasteiger partial charge >= 0.3 is 11.8 Å². The number of carbonyl (C=O) groups excluding carboxylic acids is 2. The Morgan fingerprint density at radius 1 is 1.35 bits per heavy atom. The molecule has 0 aliphatic rings. The third-order valence-corrected chi connectivity index (χ3v) is 3.67. The number of hydrogen-bond donors (Lipinski definition) is 1. The Kier molecular flexibility index (Phi) is 4.91. The molecule has 0 unspecified atom stereocenters. The molecular weight excluding hydrogens is 292 g/mol. The van der Waals surface area contributed by atoms with Gasteiger partial charge in [0.15, 0.2) is 0 Å². The van der Waals surface area contributed by atoms with Crippen LogP contribution in [0.15, 0.2) is 30.3 Å². The molecule has 0 aliphatic carbocycles. The lowest BCUT2D eigenvalue weighted by Gasteiger charge is -2.22. The number of rotatable bonds is 3. The number of amides is 2. The van der Waals surface area contributed by atoms with Gasteiger partial charge in [-0.2, -0.15) is 5.26 Å². The summed E-state index contributed by atoms with van der Waals surface area (Å²) < 4.78 is 0. The van der Waals surface area contributed by atoms with Crippen molar-refractivity contribution in [2.75, 3.05) is 12.4 Å². The zero-order chi connectivity index (χ0) is 17.0. The smallest absolute Gasteiger partial charge is 0.313 e. The zero-order valence-electron chi connectivity index (χ0n) is 13.3. The SMILES string of the molecule is Cc1ccc2cccc(NC(=O)C(=O)N(C)[C@H](C)CC#N)c2n1.